The van der Waals surface area contributed by atoms with Crippen molar-refractivity contribution >= 4 is 8.58 Å². The third kappa shape index (κ3) is 5.68. The maximum absolute atomic E-state index is 2.29. The second-order valence-corrected chi connectivity index (χ2v) is 6.07. The van der Waals surface area contributed by atoms with E-state index in [1.165, 1.54) is 59.7 Å². The molecule has 1 heteroatoms. The van der Waals surface area contributed by atoms with Crippen LogP contribution in [0.25, 0.3) is 0 Å². The lowest BCUT2D eigenvalue weighted by Crippen LogP contribution is -2.11. The molecule has 1 rings (SSSR count). The predicted molar refractivity (Wildman–Crippen MR) is 64.2 cm³/mol. The Morgan fingerprint density at radius 1 is 1.00 bits per heavy atom. The summed E-state index contributed by atoms with van der Waals surface area (Å²) in [5.41, 5.74) is 1.16. The highest BCUT2D eigenvalue weighted by Gasteiger charge is 2.15. The van der Waals surface area contributed by atoms with Gasteiger partial charge >= 0.3 is 0 Å². The normalized spacial score (nSPS) is 18.2. The smallest absolute Gasteiger partial charge is 0.0237 e. The monoisotopic (exact) mass is 200 g/mol. The van der Waals surface area contributed by atoms with E-state index in [-0.39, 0.29) is 0 Å². The van der Waals surface area contributed by atoms with Crippen LogP contribution in [0.3, 0.4) is 0 Å². The van der Waals surface area contributed by atoms with Gasteiger partial charge in [-0.1, -0.05) is 45.4 Å². The van der Waals surface area contributed by atoms with E-state index in [1.807, 2.05) is 0 Å². The average Bonchev–Trinajstić information content (AvgIpc) is 2.07. The van der Waals surface area contributed by atoms with Crippen molar-refractivity contribution in [2.45, 2.75) is 70.4 Å². The second-order valence-electron chi connectivity index (χ2n) is 4.35. The average molecular weight is 200 g/mol. The second kappa shape index (κ2) is 7.80. The van der Waals surface area contributed by atoms with Gasteiger partial charge in [0.05, 0.1) is 0 Å². The predicted octanol–water partition coefficient (Wildman–Crippen LogP) is 4.58. The summed E-state index contributed by atoms with van der Waals surface area (Å²) in [5, 5.41) is 0. The van der Waals surface area contributed by atoms with Crippen LogP contribution in [0.15, 0.2) is 0 Å². The SMILES string of the molecule is CCCCCCCCPC1CCC1. The minimum Gasteiger partial charge on any atom is -0.119 e. The van der Waals surface area contributed by atoms with Crippen molar-refractivity contribution in [3.8, 4) is 0 Å². The maximum atomic E-state index is 2.29. The molecule has 78 valence electrons. The molecule has 0 spiro atoms. The summed E-state index contributed by atoms with van der Waals surface area (Å²) in [4.78, 5) is 0. The summed E-state index contributed by atoms with van der Waals surface area (Å²) in [7, 11) is 1.30. The Morgan fingerprint density at radius 3 is 2.31 bits per heavy atom. The fraction of sp³-hybridized carbons (Fsp3) is 1.00. The summed E-state index contributed by atoms with van der Waals surface area (Å²) >= 11 is 0. The first-order chi connectivity index (χ1) is 6.43. The molecule has 0 aromatic rings. The minimum atomic E-state index is 1.16. The molecule has 1 fully saturated rings. The van der Waals surface area contributed by atoms with Crippen molar-refractivity contribution in [2.24, 2.45) is 0 Å². The zero-order valence-corrected chi connectivity index (χ0v) is 10.1. The third-order valence-corrected chi connectivity index (χ3v) is 4.87. The Kier molecular flexibility index (Phi) is 6.90. The lowest BCUT2D eigenvalue weighted by atomic mass is 10.00. The molecular weight excluding hydrogens is 175 g/mol. The number of hydrogen-bond donors (Lipinski definition) is 0. The molecule has 0 heterocycles. The van der Waals surface area contributed by atoms with Crippen LogP contribution in [0.2, 0.25) is 0 Å². The van der Waals surface area contributed by atoms with E-state index in [0.29, 0.717) is 0 Å². The standard InChI is InChI=1S/C12H25P/c1-2-3-4-5-6-7-11-13-12-9-8-10-12/h12-13H,2-11H2,1H3. The summed E-state index contributed by atoms with van der Waals surface area (Å²) in [6.07, 6.45) is 15.0. The van der Waals surface area contributed by atoms with Gasteiger partial charge in [0.1, 0.15) is 0 Å². The van der Waals surface area contributed by atoms with Gasteiger partial charge in [-0.3, -0.25) is 0 Å². The van der Waals surface area contributed by atoms with Crippen LogP contribution in [0.4, 0.5) is 0 Å². The molecule has 1 saturated carbocycles. The molecule has 1 aliphatic carbocycles. The van der Waals surface area contributed by atoms with Crippen LogP contribution in [0, 0.1) is 0 Å². The largest absolute Gasteiger partial charge is 0.119 e. The van der Waals surface area contributed by atoms with E-state index in [0.717, 1.165) is 5.66 Å². The molecule has 0 saturated heterocycles. The molecule has 13 heavy (non-hydrogen) atoms. The highest BCUT2D eigenvalue weighted by molar-refractivity contribution is 7.38. The Hall–Kier alpha value is 0.430. The topological polar surface area (TPSA) is 0 Å². The molecular formula is C12H25P. The molecule has 1 aliphatic rings. The van der Waals surface area contributed by atoms with Crippen LogP contribution in [-0.4, -0.2) is 11.8 Å². The van der Waals surface area contributed by atoms with E-state index in [2.05, 4.69) is 6.92 Å². The van der Waals surface area contributed by atoms with Crippen LogP contribution in [-0.2, 0) is 0 Å². The fourth-order valence-electron chi connectivity index (χ4n) is 1.82. The molecule has 0 radical (unpaired) electrons. The molecule has 0 aromatic carbocycles. The van der Waals surface area contributed by atoms with Gasteiger partial charge in [0.15, 0.2) is 0 Å². The Balaban J connectivity index is 1.68. The van der Waals surface area contributed by atoms with E-state index >= 15 is 0 Å². The summed E-state index contributed by atoms with van der Waals surface area (Å²) in [6, 6.07) is 0. The van der Waals surface area contributed by atoms with Gasteiger partial charge in [0.2, 0.25) is 0 Å². The number of hydrogen-bond acceptors (Lipinski definition) is 0. The summed E-state index contributed by atoms with van der Waals surface area (Å²) in [6.45, 7) is 2.29. The van der Waals surface area contributed by atoms with Crippen molar-refractivity contribution in [1.29, 1.82) is 0 Å². The van der Waals surface area contributed by atoms with Gasteiger partial charge in [0, 0.05) is 0 Å². The van der Waals surface area contributed by atoms with Crippen molar-refractivity contribution in [1.82, 2.24) is 0 Å². The van der Waals surface area contributed by atoms with E-state index in [9.17, 15) is 0 Å². The highest BCUT2D eigenvalue weighted by atomic mass is 31.1. The zero-order valence-electron chi connectivity index (χ0n) is 9.15. The Labute approximate surface area is 85.7 Å². The number of unbranched alkanes of at least 4 members (excludes halogenated alkanes) is 5. The van der Waals surface area contributed by atoms with Crippen LogP contribution < -0.4 is 0 Å². The Morgan fingerprint density at radius 2 is 1.69 bits per heavy atom. The minimum absolute atomic E-state index is 1.16. The molecule has 0 aliphatic heterocycles. The maximum Gasteiger partial charge on any atom is -0.0237 e. The van der Waals surface area contributed by atoms with Gasteiger partial charge < -0.3 is 0 Å². The highest BCUT2D eigenvalue weighted by Crippen LogP contribution is 2.36. The van der Waals surface area contributed by atoms with Crippen LogP contribution >= 0.6 is 8.58 Å². The molecule has 0 nitrogen and oxygen atoms in total. The summed E-state index contributed by atoms with van der Waals surface area (Å²) in [5.74, 6) is 0. The van der Waals surface area contributed by atoms with Crippen LogP contribution in [0.1, 0.15) is 64.7 Å². The van der Waals surface area contributed by atoms with Crippen LogP contribution in [0.5, 0.6) is 0 Å². The molecule has 1 atom stereocenters. The first-order valence-corrected chi connectivity index (χ1v) is 7.45. The van der Waals surface area contributed by atoms with Crippen molar-refractivity contribution in [3.63, 3.8) is 0 Å². The van der Waals surface area contributed by atoms with Crippen molar-refractivity contribution in [3.05, 3.63) is 0 Å². The van der Waals surface area contributed by atoms with Crippen molar-refractivity contribution < 1.29 is 0 Å². The lowest BCUT2D eigenvalue weighted by Gasteiger charge is -2.25. The number of rotatable bonds is 8. The molecule has 0 amide bonds. The first kappa shape index (κ1) is 11.5. The zero-order chi connectivity index (χ0) is 9.36. The van der Waals surface area contributed by atoms with Crippen molar-refractivity contribution in [2.75, 3.05) is 6.16 Å². The quantitative estimate of drug-likeness (QED) is 0.397. The van der Waals surface area contributed by atoms with E-state index < -0.39 is 0 Å². The molecule has 0 aromatic heterocycles. The lowest BCUT2D eigenvalue weighted by molar-refractivity contribution is 0.517. The molecule has 0 bridgehead atoms. The van der Waals surface area contributed by atoms with Gasteiger partial charge in [-0.2, -0.15) is 0 Å². The molecule has 1 unspecified atom stereocenters. The van der Waals surface area contributed by atoms with Gasteiger partial charge in [-0.05, 0) is 31.1 Å². The first-order valence-electron chi connectivity index (χ1n) is 6.17. The molecule has 0 N–H and O–H groups in total. The van der Waals surface area contributed by atoms with E-state index in [1.54, 1.807) is 12.8 Å². The van der Waals surface area contributed by atoms with Gasteiger partial charge in [-0.25, -0.2) is 0 Å². The van der Waals surface area contributed by atoms with Gasteiger partial charge in [0.25, 0.3) is 0 Å². The Bertz CT molecular complexity index is 108. The fourth-order valence-corrected chi connectivity index (χ4v) is 3.50. The third-order valence-electron chi connectivity index (χ3n) is 3.07. The van der Waals surface area contributed by atoms with Gasteiger partial charge in [-0.15, -0.1) is 8.58 Å². The van der Waals surface area contributed by atoms with E-state index in [4.69, 9.17) is 0 Å². The summed E-state index contributed by atoms with van der Waals surface area (Å²) < 4.78 is 0.